The molecule has 0 spiro atoms. The van der Waals surface area contributed by atoms with Crippen LogP contribution < -0.4 is 4.90 Å². The molecule has 6 nitrogen and oxygen atoms in total. The van der Waals surface area contributed by atoms with Crippen LogP contribution >= 0.6 is 28.1 Å². The standard InChI is InChI=1S/C25H23BrFN5OS/c26-19-3-7-22(8-4-19)32-24(18-1-11-23(33)12-2-18)28-31(25(32)34)17-29-13-15-30(16-14-29)21-9-5-20(27)6-10-21/h1-12,33H,13-17H2. The summed E-state index contributed by atoms with van der Waals surface area (Å²) < 4.78 is 18.7. The first-order valence-electron chi connectivity index (χ1n) is 11.0. The number of benzene rings is 3. The van der Waals surface area contributed by atoms with E-state index in [0.29, 0.717) is 11.4 Å². The van der Waals surface area contributed by atoms with Gasteiger partial charge in [-0.15, -0.1) is 5.10 Å². The first-order chi connectivity index (χ1) is 16.5. The van der Waals surface area contributed by atoms with Crippen molar-refractivity contribution in [1.29, 1.82) is 0 Å². The molecule has 1 aliphatic heterocycles. The number of phenolic OH excluding ortho intramolecular Hbond substituents is 1. The van der Waals surface area contributed by atoms with Gasteiger partial charge >= 0.3 is 0 Å². The molecule has 1 aromatic heterocycles. The van der Waals surface area contributed by atoms with Crippen LogP contribution in [0.15, 0.2) is 77.3 Å². The molecule has 2 heterocycles. The van der Waals surface area contributed by atoms with Gasteiger partial charge in [-0.25, -0.2) is 9.07 Å². The molecule has 0 bridgehead atoms. The molecule has 0 saturated carbocycles. The van der Waals surface area contributed by atoms with Gasteiger partial charge in [0.2, 0.25) is 4.77 Å². The second-order valence-corrected chi connectivity index (χ2v) is 9.47. The van der Waals surface area contributed by atoms with E-state index in [9.17, 15) is 9.50 Å². The first kappa shape index (κ1) is 22.8. The molecule has 9 heteroatoms. The largest absolute Gasteiger partial charge is 0.508 e. The molecular formula is C25H23BrFN5OS. The summed E-state index contributed by atoms with van der Waals surface area (Å²) >= 11 is 9.35. The summed E-state index contributed by atoms with van der Waals surface area (Å²) in [6.07, 6.45) is 0. The fraction of sp³-hybridized carbons (Fsp3) is 0.200. The van der Waals surface area contributed by atoms with E-state index in [1.165, 1.54) is 12.1 Å². The molecule has 1 fully saturated rings. The van der Waals surface area contributed by atoms with Crippen molar-refractivity contribution in [2.75, 3.05) is 31.1 Å². The van der Waals surface area contributed by atoms with E-state index < -0.39 is 0 Å². The Morgan fingerprint density at radius 1 is 0.853 bits per heavy atom. The highest BCUT2D eigenvalue weighted by molar-refractivity contribution is 9.10. The highest BCUT2D eigenvalue weighted by Gasteiger charge is 2.20. The zero-order valence-electron chi connectivity index (χ0n) is 18.3. The summed E-state index contributed by atoms with van der Waals surface area (Å²) in [5.74, 6) is 0.704. The predicted octanol–water partition coefficient (Wildman–Crippen LogP) is 5.46. The Kier molecular flexibility index (Phi) is 6.49. The smallest absolute Gasteiger partial charge is 0.204 e. The van der Waals surface area contributed by atoms with Gasteiger partial charge in [0.25, 0.3) is 0 Å². The number of hydrogen-bond acceptors (Lipinski definition) is 5. The number of aromatic hydroxyl groups is 1. The normalized spacial score (nSPS) is 14.5. The molecule has 34 heavy (non-hydrogen) atoms. The van der Waals surface area contributed by atoms with Gasteiger partial charge in [0.15, 0.2) is 5.82 Å². The number of hydrogen-bond donors (Lipinski definition) is 1. The van der Waals surface area contributed by atoms with Crippen LogP contribution in [0.25, 0.3) is 17.1 Å². The molecule has 0 atom stereocenters. The number of aromatic nitrogens is 3. The Balaban J connectivity index is 1.40. The van der Waals surface area contributed by atoms with Crippen LogP contribution in [0.2, 0.25) is 0 Å². The number of rotatable bonds is 5. The zero-order chi connectivity index (χ0) is 23.7. The Hall–Kier alpha value is -3.01. The second kappa shape index (κ2) is 9.69. The van der Waals surface area contributed by atoms with Crippen molar-refractivity contribution >= 4 is 33.8 Å². The quantitative estimate of drug-likeness (QED) is 0.341. The van der Waals surface area contributed by atoms with Crippen LogP contribution in [-0.2, 0) is 6.67 Å². The third-order valence-electron chi connectivity index (χ3n) is 5.95. The number of anilines is 1. The maximum atomic E-state index is 13.3. The molecule has 0 aliphatic carbocycles. The van der Waals surface area contributed by atoms with Crippen molar-refractivity contribution in [3.8, 4) is 22.8 Å². The van der Waals surface area contributed by atoms with Gasteiger partial charge in [-0.1, -0.05) is 15.9 Å². The number of piperazine rings is 1. The van der Waals surface area contributed by atoms with E-state index in [1.807, 2.05) is 57.8 Å². The van der Waals surface area contributed by atoms with Gasteiger partial charge in [0.1, 0.15) is 11.6 Å². The SMILES string of the molecule is Oc1ccc(-c2nn(CN3CCN(c4ccc(F)cc4)CC3)c(=S)n2-c2ccc(Br)cc2)cc1. The van der Waals surface area contributed by atoms with Crippen LogP contribution in [0.1, 0.15) is 0 Å². The average Bonchev–Trinajstić information content (AvgIpc) is 3.17. The van der Waals surface area contributed by atoms with Gasteiger partial charge < -0.3 is 10.0 Å². The second-order valence-electron chi connectivity index (χ2n) is 8.19. The van der Waals surface area contributed by atoms with Crippen molar-refractivity contribution in [1.82, 2.24) is 19.2 Å². The first-order valence-corrected chi connectivity index (χ1v) is 12.2. The van der Waals surface area contributed by atoms with Crippen LogP contribution in [0, 0.1) is 10.6 Å². The summed E-state index contributed by atoms with van der Waals surface area (Å²) in [5, 5.41) is 14.6. The molecule has 1 saturated heterocycles. The number of halogens is 2. The minimum absolute atomic E-state index is 0.205. The molecule has 1 aliphatic rings. The monoisotopic (exact) mass is 539 g/mol. The van der Waals surface area contributed by atoms with Gasteiger partial charge in [0, 0.05) is 41.9 Å². The fourth-order valence-corrected chi connectivity index (χ4v) is 4.66. The molecule has 174 valence electrons. The molecule has 1 N–H and O–H groups in total. The van der Waals surface area contributed by atoms with Crippen molar-refractivity contribution < 1.29 is 9.50 Å². The summed E-state index contributed by atoms with van der Waals surface area (Å²) in [6.45, 7) is 3.96. The molecule has 4 aromatic rings. The molecule has 0 radical (unpaired) electrons. The fourth-order valence-electron chi connectivity index (χ4n) is 4.11. The van der Waals surface area contributed by atoms with Crippen LogP contribution in [0.4, 0.5) is 10.1 Å². The zero-order valence-corrected chi connectivity index (χ0v) is 20.7. The number of nitrogens with zero attached hydrogens (tertiary/aromatic N) is 5. The highest BCUT2D eigenvalue weighted by Crippen LogP contribution is 2.26. The molecular weight excluding hydrogens is 517 g/mol. The van der Waals surface area contributed by atoms with E-state index in [0.717, 1.165) is 53.4 Å². The van der Waals surface area contributed by atoms with Crippen molar-refractivity contribution in [2.24, 2.45) is 0 Å². The predicted molar refractivity (Wildman–Crippen MR) is 137 cm³/mol. The van der Waals surface area contributed by atoms with Gasteiger partial charge in [-0.05, 0) is 85.0 Å². The summed E-state index contributed by atoms with van der Waals surface area (Å²) in [4.78, 5) is 4.58. The van der Waals surface area contributed by atoms with Gasteiger partial charge in [-0.3, -0.25) is 9.47 Å². The lowest BCUT2D eigenvalue weighted by Crippen LogP contribution is -2.47. The minimum atomic E-state index is -0.220. The van der Waals surface area contributed by atoms with Crippen molar-refractivity contribution in [2.45, 2.75) is 6.67 Å². The lowest BCUT2D eigenvalue weighted by molar-refractivity contribution is 0.194. The maximum absolute atomic E-state index is 13.3. The highest BCUT2D eigenvalue weighted by atomic mass is 79.9. The van der Waals surface area contributed by atoms with E-state index in [1.54, 1.807) is 12.1 Å². The van der Waals surface area contributed by atoms with Crippen molar-refractivity contribution in [3.05, 3.63) is 87.9 Å². The van der Waals surface area contributed by atoms with Crippen LogP contribution in [0.3, 0.4) is 0 Å². The van der Waals surface area contributed by atoms with E-state index in [-0.39, 0.29) is 11.6 Å². The maximum Gasteiger partial charge on any atom is 0.204 e. The average molecular weight is 540 g/mol. The summed E-state index contributed by atoms with van der Waals surface area (Å²) in [5.41, 5.74) is 2.82. The molecule has 3 aromatic carbocycles. The van der Waals surface area contributed by atoms with E-state index in [2.05, 4.69) is 25.7 Å². The molecule has 0 unspecified atom stereocenters. The van der Waals surface area contributed by atoms with Crippen LogP contribution in [0.5, 0.6) is 5.75 Å². The minimum Gasteiger partial charge on any atom is -0.508 e. The van der Waals surface area contributed by atoms with Gasteiger partial charge in [-0.2, -0.15) is 0 Å². The molecule has 0 amide bonds. The molecule has 5 rings (SSSR count). The lowest BCUT2D eigenvalue weighted by atomic mass is 10.2. The topological polar surface area (TPSA) is 49.5 Å². The van der Waals surface area contributed by atoms with E-state index >= 15 is 0 Å². The van der Waals surface area contributed by atoms with E-state index in [4.69, 9.17) is 17.3 Å². The third-order valence-corrected chi connectivity index (χ3v) is 6.87. The van der Waals surface area contributed by atoms with Crippen LogP contribution in [-0.4, -0.2) is 50.5 Å². The van der Waals surface area contributed by atoms with Crippen molar-refractivity contribution in [3.63, 3.8) is 0 Å². The van der Waals surface area contributed by atoms with Gasteiger partial charge in [0.05, 0.1) is 12.4 Å². The third kappa shape index (κ3) is 4.77. The summed E-state index contributed by atoms with van der Waals surface area (Å²) in [7, 11) is 0. The Morgan fingerprint density at radius 3 is 2.12 bits per heavy atom. The Morgan fingerprint density at radius 2 is 1.47 bits per heavy atom. The number of phenols is 1. The lowest BCUT2D eigenvalue weighted by Gasteiger charge is -2.35. The Bertz CT molecular complexity index is 1330. The Labute approximate surface area is 210 Å². The summed E-state index contributed by atoms with van der Waals surface area (Å²) in [6, 6.07) is 21.6.